The van der Waals surface area contributed by atoms with Crippen LogP contribution in [0.1, 0.15) is 50.2 Å². The lowest BCUT2D eigenvalue weighted by Gasteiger charge is -2.32. The molecule has 0 radical (unpaired) electrons. The molecule has 1 fully saturated rings. The van der Waals surface area contributed by atoms with Crippen molar-refractivity contribution in [2.24, 2.45) is 0 Å². The topological polar surface area (TPSA) is 86.8 Å². The van der Waals surface area contributed by atoms with Crippen LogP contribution in [0.5, 0.6) is 0 Å². The summed E-state index contributed by atoms with van der Waals surface area (Å²) in [6.07, 6.45) is 5.21. The number of hydrogen-bond donors (Lipinski definition) is 1. The van der Waals surface area contributed by atoms with E-state index < -0.39 is 28.5 Å². The molecule has 9 heteroatoms. The molecule has 1 N–H and O–H groups in total. The maximum atomic E-state index is 13.4. The lowest BCUT2D eigenvalue weighted by atomic mass is 9.95. The molecule has 190 valence electrons. The van der Waals surface area contributed by atoms with E-state index in [1.807, 2.05) is 31.2 Å². The Morgan fingerprint density at radius 3 is 2.37 bits per heavy atom. The molecule has 0 aromatic heterocycles. The van der Waals surface area contributed by atoms with E-state index in [0.717, 1.165) is 41.1 Å². The first-order valence-corrected chi connectivity index (χ1v) is 13.8. The third-order valence-electron chi connectivity index (χ3n) is 6.43. The summed E-state index contributed by atoms with van der Waals surface area (Å²) in [6, 6.07) is 12.9. The molecule has 1 aliphatic rings. The Morgan fingerprint density at radius 1 is 1.09 bits per heavy atom. The molecule has 0 unspecified atom stereocenters. The van der Waals surface area contributed by atoms with E-state index in [0.29, 0.717) is 5.02 Å². The number of amides is 2. The highest BCUT2D eigenvalue weighted by Crippen LogP contribution is 2.20. The van der Waals surface area contributed by atoms with Crippen LogP contribution in [-0.2, 0) is 26.2 Å². The monoisotopic (exact) mass is 519 g/mol. The minimum atomic E-state index is -3.91. The second-order valence-electron chi connectivity index (χ2n) is 9.25. The van der Waals surface area contributed by atoms with Crippen LogP contribution in [-0.4, -0.2) is 55.1 Å². The molecule has 1 saturated carbocycles. The summed E-state index contributed by atoms with van der Waals surface area (Å²) in [7, 11) is -2.55. The van der Waals surface area contributed by atoms with Crippen LogP contribution >= 0.6 is 11.6 Å². The fourth-order valence-corrected chi connectivity index (χ4v) is 5.56. The number of nitrogens with one attached hydrogen (secondary N) is 1. The predicted molar refractivity (Wildman–Crippen MR) is 137 cm³/mol. The molecule has 0 heterocycles. The first kappa shape index (κ1) is 27.2. The molecule has 2 aromatic rings. The van der Waals surface area contributed by atoms with Crippen molar-refractivity contribution in [1.82, 2.24) is 14.5 Å². The number of carbonyl (C=O) groups excluding carboxylic acids is 2. The highest BCUT2D eigenvalue weighted by atomic mass is 35.5. The molecule has 0 saturated heterocycles. The molecule has 0 aliphatic heterocycles. The summed E-state index contributed by atoms with van der Waals surface area (Å²) < 4.78 is 27.0. The van der Waals surface area contributed by atoms with Crippen LogP contribution in [0.25, 0.3) is 0 Å². The van der Waals surface area contributed by atoms with Gasteiger partial charge in [0.05, 0.1) is 11.4 Å². The summed E-state index contributed by atoms with van der Waals surface area (Å²) in [6.45, 7) is 3.47. The summed E-state index contributed by atoms with van der Waals surface area (Å²) >= 11 is 5.88. The SMILES string of the molecule is Cc1cccc(CN(C(=O)CN(C)S(=O)(=O)c2ccc(Cl)cc2)[C@H](C)C(=O)NC2CCCCC2)c1. The Balaban J connectivity index is 1.79. The van der Waals surface area contributed by atoms with Crippen LogP contribution in [0.2, 0.25) is 5.02 Å². The lowest BCUT2D eigenvalue weighted by molar-refractivity contribution is -0.141. The van der Waals surface area contributed by atoms with E-state index in [-0.39, 0.29) is 23.4 Å². The van der Waals surface area contributed by atoms with Gasteiger partial charge in [0.25, 0.3) is 0 Å². The summed E-state index contributed by atoms with van der Waals surface area (Å²) in [5, 5.41) is 3.51. The molecule has 0 bridgehead atoms. The highest BCUT2D eigenvalue weighted by Gasteiger charge is 2.31. The van der Waals surface area contributed by atoms with Gasteiger partial charge < -0.3 is 10.2 Å². The van der Waals surface area contributed by atoms with Gasteiger partial charge >= 0.3 is 0 Å². The second-order valence-corrected chi connectivity index (χ2v) is 11.7. The van der Waals surface area contributed by atoms with Crippen LogP contribution in [0.15, 0.2) is 53.4 Å². The van der Waals surface area contributed by atoms with Crippen molar-refractivity contribution in [2.75, 3.05) is 13.6 Å². The Hall–Kier alpha value is -2.42. The fraction of sp³-hybridized carbons (Fsp3) is 0.462. The largest absolute Gasteiger partial charge is 0.352 e. The van der Waals surface area contributed by atoms with E-state index in [4.69, 9.17) is 11.6 Å². The fourth-order valence-electron chi connectivity index (χ4n) is 4.31. The number of halogens is 1. The summed E-state index contributed by atoms with van der Waals surface area (Å²) in [5.74, 6) is -0.668. The zero-order chi connectivity index (χ0) is 25.6. The molecule has 2 aromatic carbocycles. The minimum absolute atomic E-state index is 0.0468. The molecule has 1 aliphatic carbocycles. The normalized spacial score (nSPS) is 15.6. The van der Waals surface area contributed by atoms with E-state index in [9.17, 15) is 18.0 Å². The molecule has 1 atom stereocenters. The molecule has 7 nitrogen and oxygen atoms in total. The Kier molecular flexibility index (Phi) is 9.33. The van der Waals surface area contributed by atoms with Gasteiger partial charge in [0.15, 0.2) is 0 Å². The van der Waals surface area contributed by atoms with E-state index in [2.05, 4.69) is 5.32 Å². The van der Waals surface area contributed by atoms with Gasteiger partial charge in [0, 0.05) is 24.7 Å². The van der Waals surface area contributed by atoms with Crippen molar-refractivity contribution in [3.8, 4) is 0 Å². The molecular weight excluding hydrogens is 486 g/mol. The van der Waals surface area contributed by atoms with Crippen molar-refractivity contribution >= 4 is 33.4 Å². The zero-order valence-corrected chi connectivity index (χ0v) is 22.1. The number of benzene rings is 2. The van der Waals surface area contributed by atoms with Gasteiger partial charge in [-0.25, -0.2) is 8.42 Å². The molecule has 3 rings (SSSR count). The quantitative estimate of drug-likeness (QED) is 0.539. The van der Waals surface area contributed by atoms with Gasteiger partial charge in [0.1, 0.15) is 6.04 Å². The third-order valence-corrected chi connectivity index (χ3v) is 8.50. The smallest absolute Gasteiger partial charge is 0.243 e. The van der Waals surface area contributed by atoms with E-state index >= 15 is 0 Å². The number of nitrogens with zero attached hydrogens (tertiary/aromatic N) is 2. The number of likely N-dealkylation sites (N-methyl/N-ethyl adjacent to an activating group) is 1. The van der Waals surface area contributed by atoms with Gasteiger partial charge in [-0.05, 0) is 56.5 Å². The van der Waals surface area contributed by atoms with Crippen molar-refractivity contribution < 1.29 is 18.0 Å². The Bertz CT molecular complexity index is 1130. The van der Waals surface area contributed by atoms with Crippen LogP contribution in [0, 0.1) is 6.92 Å². The van der Waals surface area contributed by atoms with Crippen molar-refractivity contribution in [3.63, 3.8) is 0 Å². The van der Waals surface area contributed by atoms with Gasteiger partial charge in [-0.3, -0.25) is 9.59 Å². The molecule has 0 spiro atoms. The average molecular weight is 520 g/mol. The third kappa shape index (κ3) is 7.29. The maximum Gasteiger partial charge on any atom is 0.243 e. The number of hydrogen-bond acceptors (Lipinski definition) is 4. The molecule has 35 heavy (non-hydrogen) atoms. The van der Waals surface area contributed by atoms with E-state index in [1.165, 1.54) is 42.6 Å². The highest BCUT2D eigenvalue weighted by molar-refractivity contribution is 7.89. The minimum Gasteiger partial charge on any atom is -0.352 e. The van der Waals surface area contributed by atoms with Gasteiger partial charge in [-0.15, -0.1) is 0 Å². The average Bonchev–Trinajstić information content (AvgIpc) is 2.83. The van der Waals surface area contributed by atoms with Gasteiger partial charge in [-0.2, -0.15) is 4.31 Å². The first-order valence-electron chi connectivity index (χ1n) is 11.9. The predicted octanol–water partition coefficient (Wildman–Crippen LogP) is 4.14. The molecular formula is C26H34ClN3O4S. The number of aryl methyl sites for hydroxylation is 1. The Labute approximate surface area is 213 Å². The standard InChI is InChI=1S/C26H34ClN3O4S/c1-19-8-7-9-21(16-19)17-30(20(2)26(32)28-23-10-5-4-6-11-23)25(31)18-29(3)35(33,34)24-14-12-22(27)13-15-24/h7-9,12-16,20,23H,4-6,10-11,17-18H2,1-3H3,(H,28,32)/t20-/m1/s1. The van der Waals surface area contributed by atoms with Gasteiger partial charge in [0.2, 0.25) is 21.8 Å². The number of sulfonamides is 1. The Morgan fingerprint density at radius 2 is 1.74 bits per heavy atom. The zero-order valence-electron chi connectivity index (χ0n) is 20.5. The van der Waals surface area contributed by atoms with E-state index in [1.54, 1.807) is 6.92 Å². The van der Waals surface area contributed by atoms with Crippen molar-refractivity contribution in [3.05, 3.63) is 64.7 Å². The summed E-state index contributed by atoms with van der Waals surface area (Å²) in [4.78, 5) is 28.0. The first-order chi connectivity index (χ1) is 16.6. The second kappa shape index (κ2) is 12.0. The van der Waals surface area contributed by atoms with Crippen LogP contribution in [0.3, 0.4) is 0 Å². The number of rotatable bonds is 9. The summed E-state index contributed by atoms with van der Waals surface area (Å²) in [5.41, 5.74) is 1.91. The van der Waals surface area contributed by atoms with Crippen LogP contribution < -0.4 is 5.32 Å². The van der Waals surface area contributed by atoms with Crippen molar-refractivity contribution in [2.45, 2.75) is 69.5 Å². The number of carbonyl (C=O) groups is 2. The van der Waals surface area contributed by atoms with Crippen LogP contribution in [0.4, 0.5) is 0 Å². The molecule has 2 amide bonds. The maximum absolute atomic E-state index is 13.4. The lowest BCUT2D eigenvalue weighted by Crippen LogP contribution is -2.52. The van der Waals surface area contributed by atoms with Gasteiger partial charge in [-0.1, -0.05) is 60.7 Å². The van der Waals surface area contributed by atoms with Crippen molar-refractivity contribution in [1.29, 1.82) is 0 Å².